The highest BCUT2D eigenvalue weighted by molar-refractivity contribution is 7.99. The predicted molar refractivity (Wildman–Crippen MR) is 79.2 cm³/mol. The number of aromatic nitrogens is 6. The Bertz CT molecular complexity index is 770. The second-order valence-corrected chi connectivity index (χ2v) is 5.50. The van der Waals surface area contributed by atoms with Crippen LogP contribution >= 0.6 is 11.8 Å². The summed E-state index contributed by atoms with van der Waals surface area (Å²) < 4.78 is 1.45. The van der Waals surface area contributed by atoms with Crippen LogP contribution in [0.4, 0.5) is 5.95 Å². The molecular formula is C13H13N7S. The molecule has 0 spiro atoms. The van der Waals surface area contributed by atoms with Gasteiger partial charge in [0.25, 0.3) is 5.95 Å². The number of aryl methyl sites for hydroxylation is 2. The third-order valence-electron chi connectivity index (χ3n) is 2.78. The van der Waals surface area contributed by atoms with Crippen LogP contribution in [-0.2, 0) is 0 Å². The highest BCUT2D eigenvalue weighted by atomic mass is 32.2. The highest BCUT2D eigenvalue weighted by Gasteiger charge is 2.10. The Labute approximate surface area is 125 Å². The van der Waals surface area contributed by atoms with E-state index in [1.165, 1.54) is 40.2 Å². The van der Waals surface area contributed by atoms with Gasteiger partial charge in [0, 0.05) is 4.90 Å². The van der Waals surface area contributed by atoms with Crippen LogP contribution in [-0.4, -0.2) is 29.7 Å². The summed E-state index contributed by atoms with van der Waals surface area (Å²) in [5.74, 6) is 0.509. The molecular weight excluding hydrogens is 286 g/mol. The molecule has 0 bridgehead atoms. The molecule has 0 saturated heterocycles. The van der Waals surface area contributed by atoms with E-state index >= 15 is 0 Å². The lowest BCUT2D eigenvalue weighted by Gasteiger charge is -2.07. The van der Waals surface area contributed by atoms with E-state index in [2.05, 4.69) is 51.0 Å². The molecule has 0 aliphatic rings. The summed E-state index contributed by atoms with van der Waals surface area (Å²) in [7, 11) is 0. The van der Waals surface area contributed by atoms with Gasteiger partial charge in [0.05, 0.1) is 0 Å². The zero-order valence-electron chi connectivity index (χ0n) is 11.6. The number of hydrogen-bond acceptors (Lipinski definition) is 7. The van der Waals surface area contributed by atoms with Crippen molar-refractivity contribution in [1.82, 2.24) is 29.7 Å². The molecule has 1 aromatic carbocycles. The Balaban J connectivity index is 1.95. The third kappa shape index (κ3) is 3.00. The fraction of sp³-hybridized carbons (Fsp3) is 0.154. The monoisotopic (exact) mass is 299 g/mol. The maximum Gasteiger partial charge on any atom is 0.257 e. The molecule has 8 heteroatoms. The Hall–Kier alpha value is -2.48. The molecule has 7 nitrogen and oxygen atoms in total. The molecule has 0 aliphatic heterocycles. The van der Waals surface area contributed by atoms with Gasteiger partial charge in [0.2, 0.25) is 5.95 Å². The van der Waals surface area contributed by atoms with Crippen LogP contribution in [0.1, 0.15) is 11.1 Å². The number of benzene rings is 1. The van der Waals surface area contributed by atoms with Crippen LogP contribution in [0.15, 0.2) is 40.9 Å². The standard InChI is InChI=1S/C13H13N7S/c1-8-3-4-10(9(2)5-8)21-13-18-11(14)17-12(19-13)20-7-15-6-16-20/h3-7H,1-2H3,(H2,14,17,18,19). The zero-order chi connectivity index (χ0) is 14.8. The second-order valence-electron chi connectivity index (χ2n) is 4.49. The van der Waals surface area contributed by atoms with E-state index in [0.29, 0.717) is 11.1 Å². The molecule has 0 fully saturated rings. The average Bonchev–Trinajstić information content (AvgIpc) is 2.95. The van der Waals surface area contributed by atoms with Gasteiger partial charge in [0.15, 0.2) is 5.16 Å². The first-order chi connectivity index (χ1) is 10.1. The third-order valence-corrected chi connectivity index (χ3v) is 3.82. The Morgan fingerprint density at radius 1 is 1.14 bits per heavy atom. The minimum absolute atomic E-state index is 0.155. The van der Waals surface area contributed by atoms with Crippen molar-refractivity contribution in [2.45, 2.75) is 23.9 Å². The first-order valence-corrected chi connectivity index (χ1v) is 7.05. The molecule has 3 rings (SSSR count). The van der Waals surface area contributed by atoms with E-state index in [-0.39, 0.29) is 5.95 Å². The quantitative estimate of drug-likeness (QED) is 0.787. The molecule has 0 aliphatic carbocycles. The molecule has 2 heterocycles. The minimum Gasteiger partial charge on any atom is -0.368 e. The van der Waals surface area contributed by atoms with Crippen molar-refractivity contribution >= 4 is 17.7 Å². The SMILES string of the molecule is Cc1ccc(Sc2nc(N)nc(-n3cncn3)n2)c(C)c1. The maximum absolute atomic E-state index is 5.74. The van der Waals surface area contributed by atoms with Crippen LogP contribution in [0.25, 0.3) is 5.95 Å². The van der Waals surface area contributed by atoms with Gasteiger partial charge in [-0.1, -0.05) is 17.7 Å². The van der Waals surface area contributed by atoms with Gasteiger partial charge in [-0.3, -0.25) is 0 Å². The molecule has 106 valence electrons. The summed E-state index contributed by atoms with van der Waals surface area (Å²) in [6.45, 7) is 4.11. The van der Waals surface area contributed by atoms with Crippen molar-refractivity contribution in [3.8, 4) is 5.95 Å². The maximum atomic E-state index is 5.74. The molecule has 0 atom stereocenters. The summed E-state index contributed by atoms with van der Waals surface area (Å²) in [6, 6.07) is 6.22. The van der Waals surface area contributed by atoms with E-state index in [0.717, 1.165) is 4.90 Å². The van der Waals surface area contributed by atoms with Crippen LogP contribution in [0, 0.1) is 13.8 Å². The topological polar surface area (TPSA) is 95.4 Å². The van der Waals surface area contributed by atoms with E-state index < -0.39 is 0 Å². The molecule has 2 aromatic heterocycles. The zero-order valence-corrected chi connectivity index (χ0v) is 12.4. The summed E-state index contributed by atoms with van der Waals surface area (Å²) in [4.78, 5) is 17.5. The minimum atomic E-state index is 0.155. The van der Waals surface area contributed by atoms with Gasteiger partial charge < -0.3 is 5.73 Å². The van der Waals surface area contributed by atoms with Crippen molar-refractivity contribution in [2.75, 3.05) is 5.73 Å². The lowest BCUT2D eigenvalue weighted by atomic mass is 10.2. The number of hydrogen-bond donors (Lipinski definition) is 1. The smallest absolute Gasteiger partial charge is 0.257 e. The van der Waals surface area contributed by atoms with Crippen molar-refractivity contribution in [1.29, 1.82) is 0 Å². The van der Waals surface area contributed by atoms with Gasteiger partial charge in [-0.25, -0.2) is 4.98 Å². The summed E-state index contributed by atoms with van der Waals surface area (Å²) in [5.41, 5.74) is 8.13. The molecule has 21 heavy (non-hydrogen) atoms. The predicted octanol–water partition coefficient (Wildman–Crippen LogP) is 1.80. The lowest BCUT2D eigenvalue weighted by Crippen LogP contribution is -2.07. The van der Waals surface area contributed by atoms with Crippen LogP contribution in [0.3, 0.4) is 0 Å². The molecule has 0 unspecified atom stereocenters. The fourth-order valence-corrected chi connectivity index (χ4v) is 2.65. The lowest BCUT2D eigenvalue weighted by molar-refractivity contribution is 0.763. The normalized spacial score (nSPS) is 10.8. The molecule has 0 amide bonds. The molecule has 3 aromatic rings. The number of nitrogens with zero attached hydrogens (tertiary/aromatic N) is 6. The van der Waals surface area contributed by atoms with Gasteiger partial charge in [-0.2, -0.15) is 24.7 Å². The van der Waals surface area contributed by atoms with Crippen LogP contribution < -0.4 is 5.73 Å². The largest absolute Gasteiger partial charge is 0.368 e. The van der Waals surface area contributed by atoms with Gasteiger partial charge >= 0.3 is 0 Å². The van der Waals surface area contributed by atoms with Crippen LogP contribution in [0.5, 0.6) is 0 Å². The molecule has 2 N–H and O–H groups in total. The van der Waals surface area contributed by atoms with Crippen LogP contribution in [0.2, 0.25) is 0 Å². The summed E-state index contributed by atoms with van der Waals surface area (Å²) in [5, 5.41) is 4.52. The highest BCUT2D eigenvalue weighted by Crippen LogP contribution is 2.28. The second kappa shape index (κ2) is 5.49. The van der Waals surface area contributed by atoms with Crippen molar-refractivity contribution in [2.24, 2.45) is 0 Å². The van der Waals surface area contributed by atoms with Gasteiger partial charge in [0.1, 0.15) is 12.7 Å². The van der Waals surface area contributed by atoms with Crippen molar-refractivity contribution in [3.63, 3.8) is 0 Å². The van der Waals surface area contributed by atoms with Gasteiger partial charge in [-0.05, 0) is 37.2 Å². The molecule has 0 saturated carbocycles. The Morgan fingerprint density at radius 2 is 2.00 bits per heavy atom. The average molecular weight is 299 g/mol. The fourth-order valence-electron chi connectivity index (χ4n) is 1.83. The van der Waals surface area contributed by atoms with Gasteiger partial charge in [-0.15, -0.1) is 0 Å². The molecule has 0 radical (unpaired) electrons. The summed E-state index contributed by atoms with van der Waals surface area (Å²) >= 11 is 1.44. The first-order valence-electron chi connectivity index (χ1n) is 6.23. The number of anilines is 1. The number of nitrogens with two attached hydrogens (primary N) is 1. The van der Waals surface area contributed by atoms with Crippen molar-refractivity contribution < 1.29 is 0 Å². The number of nitrogen functional groups attached to an aromatic ring is 1. The van der Waals surface area contributed by atoms with E-state index in [1.54, 1.807) is 0 Å². The number of rotatable bonds is 3. The van der Waals surface area contributed by atoms with Crippen molar-refractivity contribution in [3.05, 3.63) is 42.0 Å². The van der Waals surface area contributed by atoms with E-state index in [9.17, 15) is 0 Å². The van der Waals surface area contributed by atoms with E-state index in [4.69, 9.17) is 5.73 Å². The Kier molecular flexibility index (Phi) is 3.53. The summed E-state index contributed by atoms with van der Waals surface area (Å²) in [6.07, 6.45) is 2.93. The Morgan fingerprint density at radius 3 is 2.71 bits per heavy atom. The van der Waals surface area contributed by atoms with E-state index in [1.807, 2.05) is 6.07 Å². The first kappa shape index (κ1) is 13.5.